The predicted molar refractivity (Wildman–Crippen MR) is 116 cm³/mol. The zero-order chi connectivity index (χ0) is 20.8. The Morgan fingerprint density at radius 1 is 1.10 bits per heavy atom. The normalized spacial score (nSPS) is 22.6. The Balaban J connectivity index is 1.59. The van der Waals surface area contributed by atoms with E-state index in [1.165, 1.54) is 0 Å². The number of pyridine rings is 1. The molecule has 3 heterocycles. The number of rotatable bonds is 3. The van der Waals surface area contributed by atoms with E-state index in [-0.39, 0.29) is 23.3 Å². The molecule has 0 aliphatic carbocycles. The maximum Gasteiger partial charge on any atom is 0.252 e. The van der Waals surface area contributed by atoms with Crippen LogP contribution >= 0.6 is 46.4 Å². The molecule has 154 valence electrons. The van der Waals surface area contributed by atoms with Crippen LogP contribution in [-0.2, 0) is 6.54 Å². The van der Waals surface area contributed by atoms with Gasteiger partial charge in [-0.3, -0.25) is 14.5 Å². The predicted octanol–water partition coefficient (Wildman–Crippen LogP) is 4.05. The Morgan fingerprint density at radius 3 is 2.59 bits per heavy atom. The summed E-state index contributed by atoms with van der Waals surface area (Å²) in [6, 6.07) is 11.9. The number of aromatic nitrogens is 1. The maximum absolute atomic E-state index is 12.8. The first-order valence-corrected chi connectivity index (χ1v) is 10.8. The molecule has 1 fully saturated rings. The van der Waals surface area contributed by atoms with E-state index in [0.717, 1.165) is 12.1 Å². The van der Waals surface area contributed by atoms with Crippen molar-refractivity contribution in [3.63, 3.8) is 0 Å². The van der Waals surface area contributed by atoms with E-state index >= 15 is 0 Å². The molecule has 1 saturated heterocycles. The SMILES string of the molecule is O=C(NC(N1CC2CC(C1)c1cccc(=O)n1C2)C(Cl)(Cl)Cl)c1cccc(Cl)c1. The second-order valence-corrected chi connectivity index (χ2v) is 10.4. The molecule has 3 atom stereocenters. The first kappa shape index (κ1) is 21.0. The fourth-order valence-corrected chi connectivity index (χ4v) is 5.13. The lowest BCUT2D eigenvalue weighted by Crippen LogP contribution is -2.60. The molecule has 3 unspecified atom stereocenters. The minimum absolute atomic E-state index is 0.0119. The van der Waals surface area contributed by atoms with E-state index in [1.807, 2.05) is 15.5 Å². The monoisotopic (exact) mass is 473 g/mol. The summed E-state index contributed by atoms with van der Waals surface area (Å²) in [5, 5.41) is 3.31. The van der Waals surface area contributed by atoms with Crippen LogP contribution in [0.1, 0.15) is 28.4 Å². The van der Waals surface area contributed by atoms with Gasteiger partial charge in [-0.1, -0.05) is 58.5 Å². The first-order valence-electron chi connectivity index (χ1n) is 9.29. The van der Waals surface area contributed by atoms with Crippen LogP contribution in [0.2, 0.25) is 5.02 Å². The smallest absolute Gasteiger partial charge is 0.252 e. The van der Waals surface area contributed by atoms with Crippen LogP contribution in [0.5, 0.6) is 0 Å². The van der Waals surface area contributed by atoms with Gasteiger partial charge in [-0.25, -0.2) is 0 Å². The number of hydrogen-bond donors (Lipinski definition) is 1. The maximum atomic E-state index is 12.8. The van der Waals surface area contributed by atoms with Crippen molar-refractivity contribution in [1.82, 2.24) is 14.8 Å². The summed E-state index contributed by atoms with van der Waals surface area (Å²) in [5.74, 6) is 0.00442. The number of nitrogens with one attached hydrogen (secondary N) is 1. The van der Waals surface area contributed by atoms with Crippen molar-refractivity contribution < 1.29 is 4.79 Å². The summed E-state index contributed by atoms with van der Waals surface area (Å²) in [6.07, 6.45) is 0.153. The largest absolute Gasteiger partial charge is 0.332 e. The van der Waals surface area contributed by atoms with Crippen LogP contribution in [0.25, 0.3) is 0 Å². The van der Waals surface area contributed by atoms with E-state index in [9.17, 15) is 9.59 Å². The molecule has 1 amide bonds. The number of alkyl halides is 3. The third-order valence-corrected chi connectivity index (χ3v) is 6.39. The summed E-state index contributed by atoms with van der Waals surface area (Å²) in [4.78, 5) is 27.0. The number of likely N-dealkylation sites (tertiary alicyclic amines) is 1. The van der Waals surface area contributed by atoms with Crippen molar-refractivity contribution >= 4 is 52.3 Å². The molecule has 1 N–H and O–H groups in total. The fraction of sp³-hybridized carbons (Fsp3) is 0.400. The molecule has 2 aliphatic rings. The number of piperidine rings is 1. The molecule has 2 bridgehead atoms. The number of fused-ring (bicyclic) bond motifs is 4. The van der Waals surface area contributed by atoms with Crippen LogP contribution in [0.3, 0.4) is 0 Å². The van der Waals surface area contributed by atoms with Crippen LogP contribution in [0.15, 0.2) is 47.3 Å². The van der Waals surface area contributed by atoms with Crippen molar-refractivity contribution in [1.29, 1.82) is 0 Å². The lowest BCUT2D eigenvalue weighted by atomic mass is 9.83. The molecule has 4 rings (SSSR count). The molecule has 0 radical (unpaired) electrons. The van der Waals surface area contributed by atoms with Gasteiger partial charge in [0.2, 0.25) is 3.79 Å². The van der Waals surface area contributed by atoms with E-state index in [1.54, 1.807) is 36.4 Å². The van der Waals surface area contributed by atoms with Crippen molar-refractivity contribution in [2.24, 2.45) is 5.92 Å². The van der Waals surface area contributed by atoms with Crippen molar-refractivity contribution in [2.75, 3.05) is 13.1 Å². The zero-order valence-electron chi connectivity index (χ0n) is 15.3. The van der Waals surface area contributed by atoms with Gasteiger partial charge in [0.05, 0.1) is 0 Å². The second-order valence-electron chi connectivity index (χ2n) is 7.58. The quantitative estimate of drug-likeness (QED) is 0.682. The van der Waals surface area contributed by atoms with Gasteiger partial charge in [0, 0.05) is 47.9 Å². The number of carbonyl (C=O) groups is 1. The van der Waals surface area contributed by atoms with Gasteiger partial charge in [0.1, 0.15) is 6.17 Å². The molecule has 0 saturated carbocycles. The minimum atomic E-state index is -1.73. The lowest BCUT2D eigenvalue weighted by molar-refractivity contribution is 0.0586. The highest BCUT2D eigenvalue weighted by Crippen LogP contribution is 2.40. The highest BCUT2D eigenvalue weighted by atomic mass is 35.6. The Bertz CT molecular complexity index is 988. The van der Waals surface area contributed by atoms with E-state index in [4.69, 9.17) is 46.4 Å². The molecule has 0 spiro atoms. The van der Waals surface area contributed by atoms with Crippen LogP contribution < -0.4 is 10.9 Å². The second kappa shape index (κ2) is 8.12. The Labute approximate surface area is 188 Å². The highest BCUT2D eigenvalue weighted by molar-refractivity contribution is 6.68. The summed E-state index contributed by atoms with van der Waals surface area (Å²) in [6.45, 7) is 1.82. The molecule has 1 aromatic carbocycles. The summed E-state index contributed by atoms with van der Waals surface area (Å²) >= 11 is 24.8. The average Bonchev–Trinajstić information content (AvgIpc) is 2.66. The van der Waals surface area contributed by atoms with Crippen LogP contribution in [-0.4, -0.2) is 38.4 Å². The third-order valence-electron chi connectivity index (χ3n) is 5.54. The first-order chi connectivity index (χ1) is 13.7. The van der Waals surface area contributed by atoms with Crippen molar-refractivity contribution in [2.45, 2.75) is 28.8 Å². The number of carbonyl (C=O) groups excluding carboxylic acids is 1. The number of benzene rings is 1. The number of hydrogen-bond acceptors (Lipinski definition) is 3. The van der Waals surface area contributed by atoms with Gasteiger partial charge >= 0.3 is 0 Å². The molecule has 2 aromatic rings. The van der Waals surface area contributed by atoms with Gasteiger partial charge in [-0.05, 0) is 36.6 Å². The Morgan fingerprint density at radius 2 is 1.86 bits per heavy atom. The lowest BCUT2D eigenvalue weighted by Gasteiger charge is -2.47. The number of halogens is 4. The Kier molecular flexibility index (Phi) is 5.88. The summed E-state index contributed by atoms with van der Waals surface area (Å²) in [5.41, 5.74) is 1.39. The molecular formula is C20H19Cl4N3O2. The number of nitrogens with zero attached hydrogens (tertiary/aromatic N) is 2. The Hall–Kier alpha value is -1.24. The molecule has 1 aromatic heterocycles. The third kappa shape index (κ3) is 4.44. The van der Waals surface area contributed by atoms with Gasteiger partial charge in [0.15, 0.2) is 0 Å². The summed E-state index contributed by atoms with van der Waals surface area (Å²) in [7, 11) is 0. The molecule has 9 heteroatoms. The van der Waals surface area contributed by atoms with E-state index in [0.29, 0.717) is 30.2 Å². The van der Waals surface area contributed by atoms with E-state index < -0.39 is 9.96 Å². The van der Waals surface area contributed by atoms with Crippen molar-refractivity contribution in [3.05, 3.63) is 69.1 Å². The molecular weight excluding hydrogens is 456 g/mol. The summed E-state index contributed by atoms with van der Waals surface area (Å²) < 4.78 is 0.112. The molecule has 29 heavy (non-hydrogen) atoms. The number of amides is 1. The van der Waals surface area contributed by atoms with Gasteiger partial charge in [0.25, 0.3) is 11.5 Å². The van der Waals surface area contributed by atoms with Crippen LogP contribution in [0.4, 0.5) is 0 Å². The van der Waals surface area contributed by atoms with E-state index in [2.05, 4.69) is 5.32 Å². The van der Waals surface area contributed by atoms with Crippen molar-refractivity contribution in [3.8, 4) is 0 Å². The molecule has 5 nitrogen and oxygen atoms in total. The standard InChI is InChI=1S/C20H19Cl4N3O2/c21-15-4-1-3-13(8-15)18(29)25-19(20(22,23)24)26-9-12-7-14(11-26)16-5-2-6-17(28)27(16)10-12/h1-6,8,12,14,19H,7,9-11H2,(H,25,29). The topological polar surface area (TPSA) is 54.3 Å². The molecule has 2 aliphatic heterocycles. The van der Waals surface area contributed by atoms with Gasteiger partial charge in [-0.15, -0.1) is 0 Å². The van der Waals surface area contributed by atoms with Crippen LogP contribution in [0, 0.1) is 5.92 Å². The average molecular weight is 475 g/mol. The fourth-order valence-electron chi connectivity index (χ4n) is 4.36. The van der Waals surface area contributed by atoms with Gasteiger partial charge < -0.3 is 9.88 Å². The highest BCUT2D eigenvalue weighted by Gasteiger charge is 2.44. The minimum Gasteiger partial charge on any atom is -0.332 e. The van der Waals surface area contributed by atoms with Gasteiger partial charge in [-0.2, -0.15) is 0 Å². The zero-order valence-corrected chi connectivity index (χ0v) is 18.3.